The number of likely N-dealkylation sites (tertiary alicyclic amines) is 1. The van der Waals surface area contributed by atoms with Gasteiger partial charge in [0, 0.05) is 6.54 Å². The third-order valence-electron chi connectivity index (χ3n) is 4.45. The van der Waals surface area contributed by atoms with Gasteiger partial charge in [0.2, 0.25) is 0 Å². The van der Waals surface area contributed by atoms with Gasteiger partial charge in [0.1, 0.15) is 0 Å². The molecule has 70 valence electrons. The first-order valence-electron chi connectivity index (χ1n) is 5.37. The van der Waals surface area contributed by atoms with E-state index in [-0.39, 0.29) is 0 Å². The van der Waals surface area contributed by atoms with Crippen LogP contribution in [-0.4, -0.2) is 25.0 Å². The highest BCUT2D eigenvalue weighted by Crippen LogP contribution is 2.57. The van der Waals surface area contributed by atoms with E-state index in [1.165, 1.54) is 32.4 Å². The highest BCUT2D eigenvalue weighted by Gasteiger charge is 2.53. The minimum absolute atomic E-state index is 0.740. The Balaban J connectivity index is 2.08. The van der Waals surface area contributed by atoms with Crippen LogP contribution in [0.1, 0.15) is 33.1 Å². The van der Waals surface area contributed by atoms with Crippen molar-refractivity contribution in [2.24, 2.45) is 17.3 Å². The minimum atomic E-state index is 0.740. The lowest BCUT2D eigenvalue weighted by Crippen LogP contribution is -2.49. The van der Waals surface area contributed by atoms with Crippen LogP contribution in [0.3, 0.4) is 0 Å². The Bertz CT molecular complexity index is 178. The van der Waals surface area contributed by atoms with E-state index in [9.17, 15) is 0 Å². The van der Waals surface area contributed by atoms with Gasteiger partial charge in [-0.2, -0.15) is 0 Å². The van der Waals surface area contributed by atoms with Crippen LogP contribution in [0.4, 0.5) is 0 Å². The smallest absolute Gasteiger partial charge is 0.00406 e. The van der Waals surface area contributed by atoms with Gasteiger partial charge in [0.15, 0.2) is 0 Å². The zero-order chi connectivity index (χ0) is 8.77. The summed E-state index contributed by atoms with van der Waals surface area (Å²) in [5.74, 6) is 2.03. The molecule has 1 saturated carbocycles. The predicted molar refractivity (Wildman–Crippen MR) is 52.1 cm³/mol. The molecular weight excluding hydrogens is 146 g/mol. The molecule has 0 aromatic carbocycles. The molecule has 0 N–H and O–H groups in total. The van der Waals surface area contributed by atoms with E-state index in [1.807, 2.05) is 0 Å². The molecule has 2 rings (SSSR count). The minimum Gasteiger partial charge on any atom is -0.306 e. The molecule has 2 aliphatic rings. The van der Waals surface area contributed by atoms with Gasteiger partial charge < -0.3 is 4.90 Å². The van der Waals surface area contributed by atoms with E-state index in [0.717, 1.165) is 17.3 Å². The fourth-order valence-corrected chi connectivity index (χ4v) is 3.51. The van der Waals surface area contributed by atoms with Crippen molar-refractivity contribution in [1.29, 1.82) is 0 Å². The molecule has 3 atom stereocenters. The molecule has 0 aromatic heterocycles. The third kappa shape index (κ3) is 0.953. The fourth-order valence-electron chi connectivity index (χ4n) is 3.51. The highest BCUT2D eigenvalue weighted by atomic mass is 15.1. The summed E-state index contributed by atoms with van der Waals surface area (Å²) in [5, 5.41) is 0. The molecule has 1 heteroatoms. The van der Waals surface area contributed by atoms with Crippen molar-refractivity contribution in [2.45, 2.75) is 33.1 Å². The second kappa shape index (κ2) is 2.73. The van der Waals surface area contributed by atoms with Gasteiger partial charge in [-0.15, -0.1) is 0 Å². The van der Waals surface area contributed by atoms with Gasteiger partial charge in [-0.25, -0.2) is 0 Å². The molecule has 0 radical (unpaired) electrons. The summed E-state index contributed by atoms with van der Waals surface area (Å²) >= 11 is 0. The summed E-state index contributed by atoms with van der Waals surface area (Å²) in [7, 11) is 2.27. The van der Waals surface area contributed by atoms with Crippen LogP contribution in [-0.2, 0) is 0 Å². The van der Waals surface area contributed by atoms with E-state index >= 15 is 0 Å². The summed E-state index contributed by atoms with van der Waals surface area (Å²) in [6.45, 7) is 7.51. The van der Waals surface area contributed by atoms with Gasteiger partial charge in [0.25, 0.3) is 0 Å². The first kappa shape index (κ1) is 8.55. The maximum Gasteiger partial charge on any atom is 0.00406 e. The number of hydrogen-bond donors (Lipinski definition) is 0. The monoisotopic (exact) mass is 167 g/mol. The van der Waals surface area contributed by atoms with Gasteiger partial charge in [-0.3, -0.25) is 0 Å². The molecule has 1 aliphatic heterocycles. The van der Waals surface area contributed by atoms with Crippen molar-refractivity contribution in [2.75, 3.05) is 20.1 Å². The van der Waals surface area contributed by atoms with E-state index in [0.29, 0.717) is 0 Å². The average Bonchev–Trinajstić information content (AvgIpc) is 2.45. The van der Waals surface area contributed by atoms with Crippen LogP contribution in [0.5, 0.6) is 0 Å². The molecule has 2 fully saturated rings. The molecule has 1 saturated heterocycles. The Kier molecular flexibility index (Phi) is 1.95. The van der Waals surface area contributed by atoms with Crippen molar-refractivity contribution in [3.8, 4) is 0 Å². The summed E-state index contributed by atoms with van der Waals surface area (Å²) < 4.78 is 0. The summed E-state index contributed by atoms with van der Waals surface area (Å²) in [5.41, 5.74) is 0.740. The molecule has 1 nitrogen and oxygen atoms in total. The first-order valence-corrected chi connectivity index (χ1v) is 5.37. The highest BCUT2D eigenvalue weighted by molar-refractivity contribution is 5.04. The molecule has 3 unspecified atom stereocenters. The lowest BCUT2D eigenvalue weighted by atomic mass is 9.52. The van der Waals surface area contributed by atoms with Crippen molar-refractivity contribution in [3.05, 3.63) is 0 Å². The van der Waals surface area contributed by atoms with E-state index in [2.05, 4.69) is 25.8 Å². The van der Waals surface area contributed by atoms with E-state index in [1.54, 1.807) is 0 Å². The van der Waals surface area contributed by atoms with Gasteiger partial charge >= 0.3 is 0 Å². The maximum atomic E-state index is 2.51. The topological polar surface area (TPSA) is 3.24 Å². The number of nitrogens with zero attached hydrogens (tertiary/aromatic N) is 1. The zero-order valence-corrected chi connectivity index (χ0v) is 8.64. The van der Waals surface area contributed by atoms with Crippen molar-refractivity contribution < 1.29 is 0 Å². The molecule has 12 heavy (non-hydrogen) atoms. The van der Waals surface area contributed by atoms with Gasteiger partial charge in [0.05, 0.1) is 0 Å². The Hall–Kier alpha value is -0.0400. The fraction of sp³-hybridized carbons (Fsp3) is 1.00. The molecule has 0 aromatic rings. The molecule has 0 bridgehead atoms. The SMILES string of the molecule is CCC1CC(C)C12CCN(C)C2. The predicted octanol–water partition coefficient (Wildman–Crippen LogP) is 2.37. The largest absolute Gasteiger partial charge is 0.306 e. The Morgan fingerprint density at radius 2 is 2.25 bits per heavy atom. The third-order valence-corrected chi connectivity index (χ3v) is 4.45. The van der Waals surface area contributed by atoms with Crippen LogP contribution in [0, 0.1) is 17.3 Å². The van der Waals surface area contributed by atoms with Crippen LogP contribution in [0.2, 0.25) is 0 Å². The molecular formula is C11H21N. The Morgan fingerprint density at radius 1 is 1.50 bits per heavy atom. The Morgan fingerprint density at radius 3 is 2.67 bits per heavy atom. The lowest BCUT2D eigenvalue weighted by molar-refractivity contribution is -0.0340. The molecule has 0 amide bonds. The normalized spacial score (nSPS) is 48.2. The quantitative estimate of drug-likeness (QED) is 0.579. The lowest BCUT2D eigenvalue weighted by Gasteiger charge is -2.53. The molecule has 1 spiro atoms. The average molecular weight is 167 g/mol. The number of hydrogen-bond acceptors (Lipinski definition) is 1. The number of rotatable bonds is 1. The standard InChI is InChI=1S/C11H21N/c1-4-10-7-9(2)11(10)5-6-12(3)8-11/h9-10H,4-8H2,1-3H3. The summed E-state index contributed by atoms with van der Waals surface area (Å²) in [6, 6.07) is 0. The van der Waals surface area contributed by atoms with Crippen molar-refractivity contribution in [3.63, 3.8) is 0 Å². The van der Waals surface area contributed by atoms with Crippen molar-refractivity contribution in [1.82, 2.24) is 4.90 Å². The van der Waals surface area contributed by atoms with Crippen LogP contribution in [0.25, 0.3) is 0 Å². The summed E-state index contributed by atoms with van der Waals surface area (Å²) in [6.07, 6.45) is 4.35. The van der Waals surface area contributed by atoms with Crippen LogP contribution >= 0.6 is 0 Å². The Labute approximate surface area is 76.1 Å². The molecule has 1 aliphatic carbocycles. The summed E-state index contributed by atoms with van der Waals surface area (Å²) in [4.78, 5) is 2.51. The van der Waals surface area contributed by atoms with E-state index < -0.39 is 0 Å². The second-order valence-corrected chi connectivity index (χ2v) is 4.96. The van der Waals surface area contributed by atoms with Gasteiger partial charge in [-0.1, -0.05) is 20.3 Å². The van der Waals surface area contributed by atoms with E-state index in [4.69, 9.17) is 0 Å². The zero-order valence-electron chi connectivity index (χ0n) is 8.64. The maximum absolute atomic E-state index is 2.51. The first-order chi connectivity index (χ1) is 5.69. The second-order valence-electron chi connectivity index (χ2n) is 4.96. The van der Waals surface area contributed by atoms with Crippen molar-refractivity contribution >= 4 is 0 Å². The van der Waals surface area contributed by atoms with Crippen LogP contribution < -0.4 is 0 Å². The molecule has 1 heterocycles. The van der Waals surface area contributed by atoms with Gasteiger partial charge in [-0.05, 0) is 43.7 Å². The van der Waals surface area contributed by atoms with Crippen LogP contribution in [0.15, 0.2) is 0 Å².